The van der Waals surface area contributed by atoms with E-state index in [2.05, 4.69) is 6.58 Å². The molecule has 0 aromatic carbocycles. The molecule has 1 saturated heterocycles. The highest BCUT2D eigenvalue weighted by Gasteiger charge is 2.12. The van der Waals surface area contributed by atoms with Gasteiger partial charge in [0.2, 0.25) is 0 Å². The van der Waals surface area contributed by atoms with Crippen LogP contribution in [0.15, 0.2) is 12.2 Å². The zero-order chi connectivity index (χ0) is 5.28. The summed E-state index contributed by atoms with van der Waals surface area (Å²) < 4.78 is 0. The van der Waals surface area contributed by atoms with E-state index in [1.54, 1.807) is 0 Å². The molecule has 1 aliphatic heterocycles. The molecule has 0 spiro atoms. The Labute approximate surface area is 46.8 Å². The SMILES string of the molecule is C=C1CSC(=O)C1. The average Bonchev–Trinajstić information content (AvgIpc) is 1.87. The van der Waals surface area contributed by atoms with Crippen molar-refractivity contribution in [2.75, 3.05) is 5.75 Å². The second kappa shape index (κ2) is 1.70. The highest BCUT2D eigenvalue weighted by atomic mass is 32.2. The summed E-state index contributed by atoms with van der Waals surface area (Å²) in [6.45, 7) is 3.66. The third kappa shape index (κ3) is 1.06. The lowest BCUT2D eigenvalue weighted by molar-refractivity contribution is -0.110. The van der Waals surface area contributed by atoms with Crippen molar-refractivity contribution in [3.05, 3.63) is 12.2 Å². The first-order valence-corrected chi connectivity index (χ1v) is 3.10. The molecule has 0 radical (unpaired) electrons. The van der Waals surface area contributed by atoms with Gasteiger partial charge in [0.1, 0.15) is 0 Å². The van der Waals surface area contributed by atoms with E-state index in [0.29, 0.717) is 6.42 Å². The van der Waals surface area contributed by atoms with Gasteiger partial charge >= 0.3 is 0 Å². The largest absolute Gasteiger partial charge is 0.287 e. The first-order chi connectivity index (χ1) is 3.29. The van der Waals surface area contributed by atoms with Gasteiger partial charge in [-0.1, -0.05) is 23.9 Å². The van der Waals surface area contributed by atoms with Gasteiger partial charge in [0, 0.05) is 12.2 Å². The molecule has 7 heavy (non-hydrogen) atoms. The van der Waals surface area contributed by atoms with E-state index in [9.17, 15) is 4.79 Å². The smallest absolute Gasteiger partial charge is 0.193 e. The van der Waals surface area contributed by atoms with Gasteiger partial charge in [-0.05, 0) is 0 Å². The summed E-state index contributed by atoms with van der Waals surface area (Å²) in [5, 5.41) is 0.269. The van der Waals surface area contributed by atoms with E-state index < -0.39 is 0 Å². The highest BCUT2D eigenvalue weighted by molar-refractivity contribution is 8.14. The topological polar surface area (TPSA) is 17.1 Å². The summed E-state index contributed by atoms with van der Waals surface area (Å²) in [5.41, 5.74) is 1.06. The minimum absolute atomic E-state index is 0.269. The van der Waals surface area contributed by atoms with Crippen molar-refractivity contribution in [1.82, 2.24) is 0 Å². The molecule has 0 amide bonds. The predicted molar refractivity (Wildman–Crippen MR) is 31.2 cm³/mol. The van der Waals surface area contributed by atoms with Crippen molar-refractivity contribution < 1.29 is 4.79 Å². The normalized spacial score (nSPS) is 21.1. The minimum Gasteiger partial charge on any atom is -0.287 e. The Balaban J connectivity index is 2.55. The van der Waals surface area contributed by atoms with Crippen LogP contribution in [0.4, 0.5) is 0 Å². The molecule has 0 aliphatic carbocycles. The molecule has 0 N–H and O–H groups in total. The van der Waals surface area contributed by atoms with Gasteiger partial charge in [0.25, 0.3) is 0 Å². The molecular formula is C5H6OS. The van der Waals surface area contributed by atoms with Gasteiger partial charge in [0.05, 0.1) is 0 Å². The van der Waals surface area contributed by atoms with Crippen LogP contribution in [0.3, 0.4) is 0 Å². The van der Waals surface area contributed by atoms with Crippen LogP contribution in [-0.4, -0.2) is 10.9 Å². The molecule has 1 nitrogen and oxygen atoms in total. The molecule has 1 heterocycles. The molecule has 1 fully saturated rings. The molecule has 0 bridgehead atoms. The molecule has 1 rings (SSSR count). The quantitative estimate of drug-likeness (QED) is 0.440. The summed E-state index contributed by atoms with van der Waals surface area (Å²) in [5.74, 6) is 0.846. The molecule has 38 valence electrons. The van der Waals surface area contributed by atoms with E-state index in [1.807, 2.05) is 0 Å². The summed E-state index contributed by atoms with van der Waals surface area (Å²) in [7, 11) is 0. The van der Waals surface area contributed by atoms with Crippen LogP contribution in [0.1, 0.15) is 6.42 Å². The molecule has 0 unspecified atom stereocenters. The van der Waals surface area contributed by atoms with Crippen LogP contribution in [0, 0.1) is 0 Å². The summed E-state index contributed by atoms with van der Waals surface area (Å²) in [6, 6.07) is 0. The van der Waals surface area contributed by atoms with Gasteiger partial charge in [-0.2, -0.15) is 0 Å². The van der Waals surface area contributed by atoms with Crippen molar-refractivity contribution in [3.63, 3.8) is 0 Å². The van der Waals surface area contributed by atoms with Crippen molar-refractivity contribution in [2.24, 2.45) is 0 Å². The van der Waals surface area contributed by atoms with Crippen LogP contribution in [-0.2, 0) is 4.79 Å². The van der Waals surface area contributed by atoms with Crippen LogP contribution >= 0.6 is 11.8 Å². The van der Waals surface area contributed by atoms with Gasteiger partial charge in [-0.3, -0.25) is 4.79 Å². The molecule has 0 aromatic heterocycles. The number of hydrogen-bond acceptors (Lipinski definition) is 2. The van der Waals surface area contributed by atoms with Gasteiger partial charge in [-0.15, -0.1) is 0 Å². The molecule has 0 atom stereocenters. The molecule has 2 heteroatoms. The van der Waals surface area contributed by atoms with Gasteiger partial charge < -0.3 is 0 Å². The van der Waals surface area contributed by atoms with Crippen LogP contribution in [0.2, 0.25) is 0 Å². The Hall–Kier alpha value is -0.240. The van der Waals surface area contributed by atoms with Crippen molar-refractivity contribution in [3.8, 4) is 0 Å². The van der Waals surface area contributed by atoms with E-state index in [0.717, 1.165) is 11.3 Å². The van der Waals surface area contributed by atoms with E-state index in [1.165, 1.54) is 11.8 Å². The average molecular weight is 114 g/mol. The first kappa shape index (κ1) is 4.91. The van der Waals surface area contributed by atoms with Gasteiger partial charge in [-0.25, -0.2) is 0 Å². The maximum Gasteiger partial charge on any atom is 0.193 e. The lowest BCUT2D eigenvalue weighted by Gasteiger charge is -1.77. The second-order valence-corrected chi connectivity index (χ2v) is 2.62. The van der Waals surface area contributed by atoms with E-state index in [-0.39, 0.29) is 5.12 Å². The lowest BCUT2D eigenvalue weighted by Crippen LogP contribution is -1.77. The maximum absolute atomic E-state index is 10.4. The fourth-order valence-electron chi connectivity index (χ4n) is 0.489. The lowest BCUT2D eigenvalue weighted by atomic mass is 10.3. The summed E-state index contributed by atoms with van der Waals surface area (Å²) in [4.78, 5) is 10.4. The first-order valence-electron chi connectivity index (χ1n) is 2.11. The minimum atomic E-state index is 0.269. The number of carbonyl (C=O) groups excluding carboxylic acids is 1. The number of rotatable bonds is 0. The molecule has 0 saturated carbocycles. The third-order valence-electron chi connectivity index (χ3n) is 0.832. The summed E-state index contributed by atoms with van der Waals surface area (Å²) >= 11 is 1.37. The van der Waals surface area contributed by atoms with E-state index in [4.69, 9.17) is 0 Å². The second-order valence-electron chi connectivity index (χ2n) is 1.59. The fraction of sp³-hybridized carbons (Fsp3) is 0.400. The third-order valence-corrected chi connectivity index (χ3v) is 1.85. The molecular weight excluding hydrogens is 108 g/mol. The Morgan fingerprint density at radius 3 is 2.57 bits per heavy atom. The Morgan fingerprint density at radius 2 is 2.43 bits per heavy atom. The van der Waals surface area contributed by atoms with Crippen LogP contribution in [0.25, 0.3) is 0 Å². The van der Waals surface area contributed by atoms with Crippen LogP contribution < -0.4 is 0 Å². The zero-order valence-electron chi connectivity index (χ0n) is 3.94. The standard InChI is InChI=1S/C5H6OS/c1-4-2-5(6)7-3-4/h1-3H2. The number of thioether (sulfide) groups is 1. The Kier molecular flexibility index (Phi) is 1.19. The molecule has 1 aliphatic rings. The fourth-order valence-corrected chi connectivity index (χ4v) is 1.26. The monoisotopic (exact) mass is 114 g/mol. The van der Waals surface area contributed by atoms with Crippen LogP contribution in [0.5, 0.6) is 0 Å². The van der Waals surface area contributed by atoms with Crippen molar-refractivity contribution in [2.45, 2.75) is 6.42 Å². The maximum atomic E-state index is 10.4. The highest BCUT2D eigenvalue weighted by Crippen LogP contribution is 2.22. The number of carbonyl (C=O) groups is 1. The molecule has 0 aromatic rings. The van der Waals surface area contributed by atoms with Crippen molar-refractivity contribution >= 4 is 16.9 Å². The number of hydrogen-bond donors (Lipinski definition) is 0. The van der Waals surface area contributed by atoms with E-state index >= 15 is 0 Å². The summed E-state index contributed by atoms with van der Waals surface area (Å²) in [6.07, 6.45) is 0.602. The Bertz CT molecular complexity index is 103. The predicted octanol–water partition coefficient (Wildman–Crippen LogP) is 1.21. The van der Waals surface area contributed by atoms with Crippen molar-refractivity contribution in [1.29, 1.82) is 0 Å². The zero-order valence-corrected chi connectivity index (χ0v) is 4.75. The Morgan fingerprint density at radius 1 is 1.71 bits per heavy atom. The van der Waals surface area contributed by atoms with Gasteiger partial charge in [0.15, 0.2) is 5.12 Å².